The lowest BCUT2D eigenvalue weighted by molar-refractivity contribution is -0.384. The molecule has 6 nitrogen and oxygen atoms in total. The van der Waals surface area contributed by atoms with Gasteiger partial charge < -0.3 is 15.1 Å². The largest absolute Gasteiger partial charge is 0.394 e. The summed E-state index contributed by atoms with van der Waals surface area (Å²) >= 11 is 0. The smallest absolute Gasteiger partial charge is 0.269 e. The van der Waals surface area contributed by atoms with Gasteiger partial charge in [-0.3, -0.25) is 10.1 Å². The molecule has 1 aliphatic heterocycles. The Kier molecular flexibility index (Phi) is 4.34. The van der Waals surface area contributed by atoms with E-state index in [2.05, 4.69) is 0 Å². The van der Waals surface area contributed by atoms with Gasteiger partial charge in [-0.1, -0.05) is 0 Å². The van der Waals surface area contributed by atoms with Crippen molar-refractivity contribution in [1.82, 2.24) is 0 Å². The van der Waals surface area contributed by atoms with Crippen LogP contribution in [0, 0.1) is 10.1 Å². The van der Waals surface area contributed by atoms with Crippen LogP contribution in [-0.2, 0) is 6.61 Å². The van der Waals surface area contributed by atoms with Gasteiger partial charge in [0.2, 0.25) is 0 Å². The summed E-state index contributed by atoms with van der Waals surface area (Å²) in [6.45, 7) is 0.615. The molecule has 1 heterocycles. The third-order valence-corrected chi connectivity index (χ3v) is 3.59. The summed E-state index contributed by atoms with van der Waals surface area (Å²) in [6, 6.07) is 4.54. The summed E-state index contributed by atoms with van der Waals surface area (Å²) in [5, 5.41) is 29.6. The van der Waals surface area contributed by atoms with Crippen LogP contribution in [0.2, 0.25) is 0 Å². The fourth-order valence-corrected chi connectivity index (χ4v) is 2.60. The van der Waals surface area contributed by atoms with Gasteiger partial charge >= 0.3 is 0 Å². The normalized spacial score (nSPS) is 19.5. The standard InChI is InChI=1S/C13H18N2O4/c16-8-10-7-11(15(18)19)4-5-13(10)14-6-2-1-3-12(14)9-17/h4-5,7,12,16-17H,1-3,6,8-9H2. The second-order valence-electron chi connectivity index (χ2n) is 4.75. The van der Waals surface area contributed by atoms with E-state index in [1.54, 1.807) is 6.07 Å². The first kappa shape index (κ1) is 13.8. The van der Waals surface area contributed by atoms with E-state index in [0.717, 1.165) is 31.5 Å². The quantitative estimate of drug-likeness (QED) is 0.636. The number of benzene rings is 1. The highest BCUT2D eigenvalue weighted by Crippen LogP contribution is 2.30. The Bertz CT molecular complexity index is 464. The van der Waals surface area contributed by atoms with Gasteiger partial charge in [-0.05, 0) is 25.3 Å². The molecule has 0 aliphatic carbocycles. The molecule has 2 N–H and O–H groups in total. The number of rotatable bonds is 4. The highest BCUT2D eigenvalue weighted by molar-refractivity contribution is 5.58. The molecule has 0 spiro atoms. The maximum Gasteiger partial charge on any atom is 0.269 e. The number of non-ortho nitro benzene ring substituents is 1. The third-order valence-electron chi connectivity index (χ3n) is 3.59. The fraction of sp³-hybridized carbons (Fsp3) is 0.538. The molecule has 0 amide bonds. The summed E-state index contributed by atoms with van der Waals surface area (Å²) in [5.74, 6) is 0. The van der Waals surface area contributed by atoms with Gasteiger partial charge in [0.05, 0.1) is 24.2 Å². The lowest BCUT2D eigenvalue weighted by Crippen LogP contribution is -2.42. The van der Waals surface area contributed by atoms with Crippen molar-refractivity contribution in [3.8, 4) is 0 Å². The number of nitro benzene ring substituents is 1. The predicted molar refractivity (Wildman–Crippen MR) is 71.1 cm³/mol. The molecule has 1 saturated heterocycles. The molecule has 1 unspecified atom stereocenters. The van der Waals surface area contributed by atoms with Gasteiger partial charge in [0, 0.05) is 29.9 Å². The van der Waals surface area contributed by atoms with E-state index in [-0.39, 0.29) is 24.9 Å². The van der Waals surface area contributed by atoms with Gasteiger partial charge in [-0.15, -0.1) is 0 Å². The number of anilines is 1. The van der Waals surface area contributed by atoms with E-state index >= 15 is 0 Å². The summed E-state index contributed by atoms with van der Waals surface area (Å²) in [4.78, 5) is 12.3. The first-order valence-electron chi connectivity index (χ1n) is 6.43. The Balaban J connectivity index is 2.34. The van der Waals surface area contributed by atoms with Crippen LogP contribution in [0.4, 0.5) is 11.4 Å². The van der Waals surface area contributed by atoms with Gasteiger partial charge in [0.1, 0.15) is 0 Å². The molecule has 19 heavy (non-hydrogen) atoms. The predicted octanol–water partition coefficient (Wildman–Crippen LogP) is 1.44. The minimum Gasteiger partial charge on any atom is -0.394 e. The fourth-order valence-electron chi connectivity index (χ4n) is 2.60. The van der Waals surface area contributed by atoms with Crippen molar-refractivity contribution < 1.29 is 15.1 Å². The molecule has 1 aliphatic rings. The molecule has 6 heteroatoms. The van der Waals surface area contributed by atoms with Crippen molar-refractivity contribution in [2.75, 3.05) is 18.1 Å². The first-order valence-corrected chi connectivity index (χ1v) is 6.43. The number of nitro groups is 1. The van der Waals surface area contributed by atoms with Gasteiger partial charge in [0.15, 0.2) is 0 Å². The van der Waals surface area contributed by atoms with Crippen molar-refractivity contribution in [2.24, 2.45) is 0 Å². The van der Waals surface area contributed by atoms with E-state index < -0.39 is 4.92 Å². The molecule has 1 aromatic carbocycles. The second-order valence-corrected chi connectivity index (χ2v) is 4.75. The maximum absolute atomic E-state index is 10.7. The van der Waals surface area contributed by atoms with Gasteiger partial charge in [0.25, 0.3) is 5.69 Å². The SMILES string of the molecule is O=[N+]([O-])c1ccc(N2CCCCC2CO)c(CO)c1. The zero-order valence-corrected chi connectivity index (χ0v) is 10.7. The zero-order chi connectivity index (χ0) is 13.8. The van der Waals surface area contributed by atoms with Crippen LogP contribution in [0.25, 0.3) is 0 Å². The Labute approximate surface area is 111 Å². The monoisotopic (exact) mass is 266 g/mol. The lowest BCUT2D eigenvalue weighted by atomic mass is 10.00. The molecule has 1 fully saturated rings. The average Bonchev–Trinajstić information content (AvgIpc) is 2.46. The number of aliphatic hydroxyl groups excluding tert-OH is 2. The van der Waals surface area contributed by atoms with E-state index in [0.29, 0.717) is 5.56 Å². The summed E-state index contributed by atoms with van der Waals surface area (Å²) < 4.78 is 0. The van der Waals surface area contributed by atoms with Crippen molar-refractivity contribution in [2.45, 2.75) is 31.9 Å². The first-order chi connectivity index (χ1) is 9.17. The molecule has 1 atom stereocenters. The summed E-state index contributed by atoms with van der Waals surface area (Å²) in [5.41, 5.74) is 1.30. The van der Waals surface area contributed by atoms with E-state index in [9.17, 15) is 20.3 Å². The number of piperidine rings is 1. The van der Waals surface area contributed by atoms with Gasteiger partial charge in [-0.2, -0.15) is 0 Å². The topological polar surface area (TPSA) is 86.8 Å². The van der Waals surface area contributed by atoms with Crippen LogP contribution in [0.5, 0.6) is 0 Å². The van der Waals surface area contributed by atoms with E-state index in [4.69, 9.17) is 0 Å². The lowest BCUT2D eigenvalue weighted by Gasteiger charge is -2.37. The molecule has 0 saturated carbocycles. The highest BCUT2D eigenvalue weighted by atomic mass is 16.6. The Morgan fingerprint density at radius 2 is 2.16 bits per heavy atom. The minimum atomic E-state index is -0.470. The Morgan fingerprint density at radius 1 is 1.37 bits per heavy atom. The Morgan fingerprint density at radius 3 is 2.79 bits per heavy atom. The summed E-state index contributed by atoms with van der Waals surface area (Å²) in [7, 11) is 0. The van der Waals surface area contributed by atoms with Crippen LogP contribution in [0.15, 0.2) is 18.2 Å². The number of aliphatic hydroxyl groups is 2. The molecule has 1 aromatic rings. The van der Waals surface area contributed by atoms with Crippen molar-refractivity contribution in [1.29, 1.82) is 0 Å². The highest BCUT2D eigenvalue weighted by Gasteiger charge is 2.24. The molecule has 0 aromatic heterocycles. The number of hydrogen-bond donors (Lipinski definition) is 2. The minimum absolute atomic E-state index is 0.0228. The molecule has 104 valence electrons. The number of hydrogen-bond acceptors (Lipinski definition) is 5. The molecular weight excluding hydrogens is 248 g/mol. The van der Waals surface area contributed by atoms with Crippen molar-refractivity contribution in [3.05, 3.63) is 33.9 Å². The van der Waals surface area contributed by atoms with Crippen LogP contribution in [-0.4, -0.2) is 34.3 Å². The van der Waals surface area contributed by atoms with Crippen LogP contribution >= 0.6 is 0 Å². The molecule has 0 radical (unpaired) electrons. The van der Waals surface area contributed by atoms with Crippen LogP contribution < -0.4 is 4.90 Å². The molecular formula is C13H18N2O4. The number of nitrogens with zero attached hydrogens (tertiary/aromatic N) is 2. The van der Waals surface area contributed by atoms with E-state index in [1.165, 1.54) is 12.1 Å². The van der Waals surface area contributed by atoms with Crippen LogP contribution in [0.3, 0.4) is 0 Å². The summed E-state index contributed by atoms with van der Waals surface area (Å²) in [6.07, 6.45) is 3.00. The third kappa shape index (κ3) is 2.85. The maximum atomic E-state index is 10.7. The van der Waals surface area contributed by atoms with E-state index in [1.807, 2.05) is 4.90 Å². The molecule has 0 bridgehead atoms. The van der Waals surface area contributed by atoms with Crippen LogP contribution in [0.1, 0.15) is 24.8 Å². The average molecular weight is 266 g/mol. The second kappa shape index (κ2) is 5.99. The zero-order valence-electron chi connectivity index (χ0n) is 10.7. The van der Waals surface area contributed by atoms with Gasteiger partial charge in [-0.25, -0.2) is 0 Å². The molecule has 2 rings (SSSR count). The van der Waals surface area contributed by atoms with Crippen molar-refractivity contribution >= 4 is 11.4 Å². The Hall–Kier alpha value is -1.66. The van der Waals surface area contributed by atoms with Crippen molar-refractivity contribution in [3.63, 3.8) is 0 Å².